The van der Waals surface area contributed by atoms with E-state index in [0.29, 0.717) is 24.1 Å². The number of nitrogens with zero attached hydrogens (tertiary/aromatic N) is 3. The van der Waals surface area contributed by atoms with Crippen LogP contribution in [-0.2, 0) is 4.74 Å². The second-order valence-corrected chi connectivity index (χ2v) is 6.61. The number of carbonyl (C=O) groups excluding carboxylic acids is 1. The van der Waals surface area contributed by atoms with Crippen LogP contribution in [0.5, 0.6) is 5.88 Å². The largest absolute Gasteiger partial charge is 0.472 e. The summed E-state index contributed by atoms with van der Waals surface area (Å²) in [5.41, 5.74) is -0.476. The van der Waals surface area contributed by atoms with Gasteiger partial charge in [-0.05, 0) is 27.0 Å². The average molecular weight is 311 g/mol. The minimum atomic E-state index is -0.476. The van der Waals surface area contributed by atoms with Gasteiger partial charge >= 0.3 is 6.09 Å². The van der Waals surface area contributed by atoms with Crippen LogP contribution in [0.15, 0.2) is 17.4 Å². The Kier molecular flexibility index (Phi) is 4.92. The van der Waals surface area contributed by atoms with E-state index in [1.54, 1.807) is 17.2 Å². The van der Waals surface area contributed by atoms with Crippen molar-refractivity contribution in [1.29, 1.82) is 0 Å². The maximum atomic E-state index is 12.0. The first kappa shape index (κ1) is 15.9. The number of hydrogen-bond donors (Lipinski definition) is 0. The summed E-state index contributed by atoms with van der Waals surface area (Å²) in [4.78, 5) is 22.0. The summed E-state index contributed by atoms with van der Waals surface area (Å²) in [5.74, 6) is 0.547. The van der Waals surface area contributed by atoms with Gasteiger partial charge in [0, 0.05) is 25.2 Å². The zero-order chi connectivity index (χ0) is 15.5. The smallest absolute Gasteiger partial charge is 0.410 e. The molecule has 0 radical (unpaired) electrons. The molecule has 6 nitrogen and oxygen atoms in total. The van der Waals surface area contributed by atoms with Crippen molar-refractivity contribution in [2.75, 3.05) is 19.3 Å². The van der Waals surface area contributed by atoms with Gasteiger partial charge in [0.25, 0.3) is 0 Å². The predicted molar refractivity (Wildman–Crippen MR) is 80.7 cm³/mol. The molecule has 2 heterocycles. The lowest BCUT2D eigenvalue weighted by Crippen LogP contribution is -2.36. The standard InChI is InChI=1S/C14H21N3O3S/c1-14(2,3)20-13(18)17-8-6-10(9-17)19-11-5-7-15-12(16-11)21-4/h5,7,10H,6,8-9H2,1-4H3/t10-/m0/s1. The zero-order valence-corrected chi connectivity index (χ0v) is 13.6. The van der Waals surface area contributed by atoms with Crippen LogP contribution in [0.2, 0.25) is 0 Å². The quantitative estimate of drug-likeness (QED) is 0.631. The Bertz CT molecular complexity index is 504. The number of rotatable bonds is 3. The highest BCUT2D eigenvalue weighted by molar-refractivity contribution is 7.98. The minimum Gasteiger partial charge on any atom is -0.472 e. The third kappa shape index (κ3) is 4.77. The normalized spacial score (nSPS) is 18.7. The monoisotopic (exact) mass is 311 g/mol. The molecular formula is C14H21N3O3S. The molecule has 0 spiro atoms. The molecule has 0 N–H and O–H groups in total. The van der Waals surface area contributed by atoms with Gasteiger partial charge in [-0.3, -0.25) is 0 Å². The van der Waals surface area contributed by atoms with E-state index in [9.17, 15) is 4.79 Å². The first-order chi connectivity index (χ1) is 9.87. The molecular weight excluding hydrogens is 290 g/mol. The molecule has 1 fully saturated rings. The van der Waals surface area contributed by atoms with Crippen molar-refractivity contribution in [3.05, 3.63) is 12.3 Å². The Hall–Kier alpha value is -1.50. The van der Waals surface area contributed by atoms with Crippen molar-refractivity contribution < 1.29 is 14.3 Å². The van der Waals surface area contributed by atoms with Gasteiger partial charge < -0.3 is 14.4 Å². The van der Waals surface area contributed by atoms with Crippen LogP contribution in [0, 0.1) is 0 Å². The maximum Gasteiger partial charge on any atom is 0.410 e. The Balaban J connectivity index is 1.89. The summed E-state index contributed by atoms with van der Waals surface area (Å²) >= 11 is 1.47. The van der Waals surface area contributed by atoms with E-state index in [0.717, 1.165) is 6.42 Å². The predicted octanol–water partition coefficient (Wildman–Crippen LogP) is 2.59. The fourth-order valence-corrected chi connectivity index (χ4v) is 2.32. The van der Waals surface area contributed by atoms with E-state index in [2.05, 4.69) is 9.97 Å². The van der Waals surface area contributed by atoms with Gasteiger partial charge in [0.1, 0.15) is 11.7 Å². The summed E-state index contributed by atoms with van der Waals surface area (Å²) < 4.78 is 11.2. The third-order valence-electron chi connectivity index (χ3n) is 2.87. The molecule has 1 atom stereocenters. The molecule has 0 bridgehead atoms. The number of thioether (sulfide) groups is 1. The first-order valence-corrected chi connectivity index (χ1v) is 8.11. The highest BCUT2D eigenvalue weighted by Crippen LogP contribution is 2.20. The second-order valence-electron chi connectivity index (χ2n) is 5.84. The Labute approximate surface area is 129 Å². The number of hydrogen-bond acceptors (Lipinski definition) is 6. The topological polar surface area (TPSA) is 64.5 Å². The van der Waals surface area contributed by atoms with Crippen LogP contribution in [0.1, 0.15) is 27.2 Å². The van der Waals surface area contributed by atoms with Crippen LogP contribution in [-0.4, -0.2) is 52.0 Å². The number of likely N-dealkylation sites (tertiary alicyclic amines) is 1. The van der Waals surface area contributed by atoms with E-state index in [4.69, 9.17) is 9.47 Å². The molecule has 1 amide bonds. The van der Waals surface area contributed by atoms with E-state index in [1.807, 2.05) is 27.0 Å². The number of aromatic nitrogens is 2. The van der Waals surface area contributed by atoms with Crippen LogP contribution in [0.3, 0.4) is 0 Å². The van der Waals surface area contributed by atoms with Gasteiger partial charge in [0.05, 0.1) is 6.54 Å². The zero-order valence-electron chi connectivity index (χ0n) is 12.8. The average Bonchev–Trinajstić information content (AvgIpc) is 2.85. The molecule has 1 aromatic heterocycles. The van der Waals surface area contributed by atoms with Crippen molar-refractivity contribution in [2.45, 2.75) is 44.1 Å². The molecule has 116 valence electrons. The van der Waals surface area contributed by atoms with E-state index in [1.165, 1.54) is 11.8 Å². The molecule has 1 aromatic rings. The lowest BCUT2D eigenvalue weighted by atomic mass is 10.2. The number of ether oxygens (including phenoxy) is 2. The van der Waals surface area contributed by atoms with Gasteiger partial charge in [-0.1, -0.05) is 11.8 Å². The molecule has 1 aliphatic rings. The Morgan fingerprint density at radius 1 is 1.48 bits per heavy atom. The van der Waals surface area contributed by atoms with Gasteiger partial charge in [0.2, 0.25) is 5.88 Å². The van der Waals surface area contributed by atoms with E-state index in [-0.39, 0.29) is 12.2 Å². The second kappa shape index (κ2) is 6.51. The number of amides is 1. The van der Waals surface area contributed by atoms with E-state index >= 15 is 0 Å². The van der Waals surface area contributed by atoms with Gasteiger partial charge in [-0.2, -0.15) is 4.98 Å². The number of carbonyl (C=O) groups is 1. The van der Waals surface area contributed by atoms with Crippen LogP contribution in [0.4, 0.5) is 4.79 Å². The Morgan fingerprint density at radius 2 is 2.24 bits per heavy atom. The van der Waals surface area contributed by atoms with E-state index < -0.39 is 5.60 Å². The molecule has 2 rings (SSSR count). The molecule has 21 heavy (non-hydrogen) atoms. The molecule has 0 aromatic carbocycles. The van der Waals surface area contributed by atoms with Gasteiger partial charge in [0.15, 0.2) is 5.16 Å². The first-order valence-electron chi connectivity index (χ1n) is 6.89. The highest BCUT2D eigenvalue weighted by atomic mass is 32.2. The summed E-state index contributed by atoms with van der Waals surface area (Å²) in [6, 6.07) is 1.73. The molecule has 1 aliphatic heterocycles. The SMILES string of the molecule is CSc1nccc(O[C@H]2CCN(C(=O)OC(C)(C)C)C2)n1. The summed E-state index contributed by atoms with van der Waals surface area (Å²) in [7, 11) is 0. The minimum absolute atomic E-state index is 0.0536. The summed E-state index contributed by atoms with van der Waals surface area (Å²) in [6.45, 7) is 6.74. The Morgan fingerprint density at radius 3 is 2.90 bits per heavy atom. The summed E-state index contributed by atoms with van der Waals surface area (Å²) in [5, 5.41) is 0.675. The molecule has 7 heteroatoms. The van der Waals surface area contributed by atoms with Crippen molar-refractivity contribution in [3.8, 4) is 5.88 Å². The van der Waals surface area contributed by atoms with Crippen LogP contribution < -0.4 is 4.74 Å². The van der Waals surface area contributed by atoms with Crippen molar-refractivity contribution in [3.63, 3.8) is 0 Å². The van der Waals surface area contributed by atoms with Gasteiger partial charge in [-0.15, -0.1) is 0 Å². The fourth-order valence-electron chi connectivity index (χ4n) is 1.98. The molecule has 0 unspecified atom stereocenters. The van der Waals surface area contributed by atoms with Crippen LogP contribution in [0.25, 0.3) is 0 Å². The highest BCUT2D eigenvalue weighted by Gasteiger charge is 2.31. The molecule has 0 saturated carbocycles. The van der Waals surface area contributed by atoms with Crippen molar-refractivity contribution in [1.82, 2.24) is 14.9 Å². The maximum absolute atomic E-state index is 12.0. The fraction of sp³-hybridized carbons (Fsp3) is 0.643. The van der Waals surface area contributed by atoms with Crippen molar-refractivity contribution in [2.24, 2.45) is 0 Å². The van der Waals surface area contributed by atoms with Crippen molar-refractivity contribution >= 4 is 17.9 Å². The third-order valence-corrected chi connectivity index (χ3v) is 3.44. The summed E-state index contributed by atoms with van der Waals surface area (Å²) in [6.07, 6.45) is 4.02. The lowest BCUT2D eigenvalue weighted by molar-refractivity contribution is 0.0274. The molecule has 0 aliphatic carbocycles. The van der Waals surface area contributed by atoms with Gasteiger partial charge in [-0.25, -0.2) is 9.78 Å². The lowest BCUT2D eigenvalue weighted by Gasteiger charge is -2.24. The van der Waals surface area contributed by atoms with Crippen LogP contribution >= 0.6 is 11.8 Å². The molecule has 1 saturated heterocycles.